The lowest BCUT2D eigenvalue weighted by Crippen LogP contribution is -2.19. The lowest BCUT2D eigenvalue weighted by atomic mass is 10.2. The molecule has 172 valence electrons. The van der Waals surface area contributed by atoms with Crippen LogP contribution in [0.25, 0.3) is 6.08 Å². The summed E-state index contributed by atoms with van der Waals surface area (Å²) in [6.07, 6.45) is 1.60. The van der Waals surface area contributed by atoms with Gasteiger partial charge in [-0.3, -0.25) is 14.4 Å². The Morgan fingerprint density at radius 1 is 1.15 bits per heavy atom. The third-order valence-electron chi connectivity index (χ3n) is 4.21. The first kappa shape index (κ1) is 23.9. The number of aliphatic carboxylic acids is 1. The van der Waals surface area contributed by atoms with Crippen LogP contribution in [0.15, 0.2) is 52.4 Å². The number of aliphatic imine (C=N–C) groups is 1. The van der Waals surface area contributed by atoms with Crippen molar-refractivity contribution >= 4 is 52.2 Å². The minimum Gasteiger partial charge on any atom is -0.490 e. The van der Waals surface area contributed by atoms with Crippen LogP contribution >= 0.6 is 11.8 Å². The molecule has 9 nitrogen and oxygen atoms in total. The van der Waals surface area contributed by atoms with Gasteiger partial charge in [0.2, 0.25) is 5.91 Å². The number of hydrogen-bond acceptors (Lipinski definition) is 7. The highest BCUT2D eigenvalue weighted by atomic mass is 32.2. The highest BCUT2D eigenvalue weighted by molar-refractivity contribution is 8.18. The van der Waals surface area contributed by atoms with Crippen LogP contribution in [0.3, 0.4) is 0 Å². The van der Waals surface area contributed by atoms with Crippen LogP contribution < -0.4 is 20.1 Å². The molecule has 0 unspecified atom stereocenters. The summed E-state index contributed by atoms with van der Waals surface area (Å²) in [6, 6.07) is 12.1. The van der Waals surface area contributed by atoms with Gasteiger partial charge in [-0.25, -0.2) is 4.99 Å². The minimum atomic E-state index is -0.945. The van der Waals surface area contributed by atoms with Gasteiger partial charge in [0.05, 0.1) is 30.2 Å². The molecular weight excluding hydrogens is 446 g/mol. The number of nitrogens with zero attached hydrogens (tertiary/aromatic N) is 1. The Morgan fingerprint density at radius 2 is 1.91 bits per heavy atom. The number of hydrogen-bond donors (Lipinski definition) is 3. The zero-order valence-corrected chi connectivity index (χ0v) is 18.9. The quantitative estimate of drug-likeness (QED) is 0.477. The number of benzene rings is 2. The molecule has 1 aliphatic heterocycles. The molecule has 0 aliphatic carbocycles. The number of carbonyl (C=O) groups excluding carboxylic acids is 2. The maximum Gasteiger partial charge on any atom is 0.306 e. The lowest BCUT2D eigenvalue weighted by molar-refractivity contribution is -0.137. The Hall–Kier alpha value is -3.79. The fourth-order valence-electron chi connectivity index (χ4n) is 2.82. The van der Waals surface area contributed by atoms with Gasteiger partial charge in [0.25, 0.3) is 5.91 Å². The Bertz CT molecular complexity index is 1110. The molecule has 0 bridgehead atoms. The van der Waals surface area contributed by atoms with Gasteiger partial charge in [0.1, 0.15) is 0 Å². The van der Waals surface area contributed by atoms with E-state index in [1.807, 2.05) is 6.92 Å². The molecule has 33 heavy (non-hydrogen) atoms. The van der Waals surface area contributed by atoms with Crippen molar-refractivity contribution in [3.05, 3.63) is 52.9 Å². The van der Waals surface area contributed by atoms with Gasteiger partial charge in [-0.05, 0) is 66.7 Å². The molecule has 1 fully saturated rings. The Kier molecular flexibility index (Phi) is 8.09. The van der Waals surface area contributed by atoms with Crippen LogP contribution in [-0.2, 0) is 14.4 Å². The van der Waals surface area contributed by atoms with Crippen molar-refractivity contribution in [1.82, 2.24) is 5.32 Å². The number of ether oxygens (including phenoxy) is 2. The van der Waals surface area contributed by atoms with E-state index in [2.05, 4.69) is 15.6 Å². The third kappa shape index (κ3) is 7.11. The molecule has 1 saturated heterocycles. The van der Waals surface area contributed by atoms with E-state index in [1.165, 1.54) is 18.7 Å². The van der Waals surface area contributed by atoms with Crippen molar-refractivity contribution in [1.29, 1.82) is 0 Å². The van der Waals surface area contributed by atoms with Crippen LogP contribution in [0.4, 0.5) is 11.4 Å². The van der Waals surface area contributed by atoms with Crippen LogP contribution in [-0.4, -0.2) is 41.3 Å². The van der Waals surface area contributed by atoms with Crippen molar-refractivity contribution < 1.29 is 29.0 Å². The van der Waals surface area contributed by atoms with Crippen molar-refractivity contribution in [3.8, 4) is 11.5 Å². The first-order valence-electron chi connectivity index (χ1n) is 10.1. The van der Waals surface area contributed by atoms with E-state index in [-0.39, 0.29) is 24.8 Å². The van der Waals surface area contributed by atoms with E-state index in [1.54, 1.807) is 48.5 Å². The number of carboxylic acid groups (broad SMARTS) is 1. The second-order valence-corrected chi connectivity index (χ2v) is 7.87. The summed E-state index contributed by atoms with van der Waals surface area (Å²) in [5.74, 6) is -0.467. The van der Waals surface area contributed by atoms with Gasteiger partial charge in [-0.1, -0.05) is 6.07 Å². The molecular formula is C23H23N3O6S. The zero-order valence-electron chi connectivity index (χ0n) is 18.1. The van der Waals surface area contributed by atoms with Gasteiger partial charge < -0.3 is 25.2 Å². The molecule has 0 aromatic heterocycles. The maximum atomic E-state index is 12.4. The normalized spacial score (nSPS) is 15.4. The van der Waals surface area contributed by atoms with Gasteiger partial charge in [0, 0.05) is 12.6 Å². The van der Waals surface area contributed by atoms with Crippen molar-refractivity contribution in [3.63, 3.8) is 0 Å². The van der Waals surface area contributed by atoms with Crippen molar-refractivity contribution in [2.75, 3.05) is 18.5 Å². The highest BCUT2D eigenvalue weighted by Gasteiger charge is 2.24. The third-order valence-corrected chi connectivity index (χ3v) is 5.12. The number of thioether (sulfide) groups is 1. The van der Waals surface area contributed by atoms with Gasteiger partial charge in [0.15, 0.2) is 16.7 Å². The molecule has 2 aromatic rings. The summed E-state index contributed by atoms with van der Waals surface area (Å²) in [5, 5.41) is 14.6. The summed E-state index contributed by atoms with van der Waals surface area (Å²) in [6.45, 7) is 3.70. The molecule has 0 atom stereocenters. The number of carbonyl (C=O) groups is 3. The molecule has 10 heteroatoms. The predicted molar refractivity (Wildman–Crippen MR) is 127 cm³/mol. The fraction of sp³-hybridized carbons (Fsp3) is 0.217. The van der Waals surface area contributed by atoms with Crippen LogP contribution in [0.5, 0.6) is 11.5 Å². The topological polar surface area (TPSA) is 126 Å². The molecule has 1 aliphatic rings. The van der Waals surface area contributed by atoms with Gasteiger partial charge >= 0.3 is 5.97 Å². The molecule has 1 heterocycles. The summed E-state index contributed by atoms with van der Waals surface area (Å²) < 4.78 is 11.1. The maximum absolute atomic E-state index is 12.4. The Morgan fingerprint density at radius 3 is 2.58 bits per heavy atom. The van der Waals surface area contributed by atoms with E-state index in [9.17, 15) is 14.4 Å². The average Bonchev–Trinajstić information content (AvgIpc) is 3.09. The highest BCUT2D eigenvalue weighted by Crippen LogP contribution is 2.32. The Balaban J connectivity index is 1.73. The summed E-state index contributed by atoms with van der Waals surface area (Å²) in [4.78, 5) is 39.1. The monoisotopic (exact) mass is 469 g/mol. The standard InChI is InChI=1S/C23H23N3O6S/c1-3-31-19-12-15(4-9-18(19)32-11-10-21(28)29)13-20-22(30)26-23(33-20)25-17-7-5-16(6-8-17)24-14(2)27/h4-9,12-13H,3,10-11H2,1-2H3,(H,24,27)(H,28,29)(H,25,26,30)/b20-13+. The van der Waals surface area contributed by atoms with E-state index < -0.39 is 5.97 Å². The molecule has 0 spiro atoms. The van der Waals surface area contributed by atoms with E-state index in [0.717, 1.165) is 5.56 Å². The Labute approximate surface area is 194 Å². The summed E-state index contributed by atoms with van der Waals surface area (Å²) in [5.41, 5.74) is 2.02. The molecule has 2 aromatic carbocycles. The molecule has 0 radical (unpaired) electrons. The lowest BCUT2D eigenvalue weighted by Gasteiger charge is -2.12. The summed E-state index contributed by atoms with van der Waals surface area (Å²) in [7, 11) is 0. The largest absolute Gasteiger partial charge is 0.490 e. The smallest absolute Gasteiger partial charge is 0.306 e. The fourth-order valence-corrected chi connectivity index (χ4v) is 3.66. The first-order chi connectivity index (χ1) is 15.8. The molecule has 3 rings (SSSR count). The molecule has 0 saturated carbocycles. The zero-order chi connectivity index (χ0) is 23.8. The van der Waals surface area contributed by atoms with Crippen molar-refractivity contribution in [2.45, 2.75) is 20.3 Å². The predicted octanol–water partition coefficient (Wildman–Crippen LogP) is 3.79. The second kappa shape index (κ2) is 11.2. The van der Waals surface area contributed by atoms with Crippen LogP contribution in [0.2, 0.25) is 0 Å². The number of rotatable bonds is 9. The minimum absolute atomic E-state index is 0.0275. The van der Waals surface area contributed by atoms with Crippen LogP contribution in [0, 0.1) is 0 Å². The number of amides is 2. The second-order valence-electron chi connectivity index (χ2n) is 6.84. The number of carboxylic acids is 1. The average molecular weight is 470 g/mol. The number of anilines is 1. The van der Waals surface area contributed by atoms with E-state index in [4.69, 9.17) is 14.6 Å². The summed E-state index contributed by atoms with van der Waals surface area (Å²) >= 11 is 1.21. The van der Waals surface area contributed by atoms with Gasteiger partial charge in [-0.15, -0.1) is 0 Å². The van der Waals surface area contributed by atoms with Crippen molar-refractivity contribution in [2.24, 2.45) is 4.99 Å². The SMILES string of the molecule is CCOc1cc(/C=C2/SC(=Nc3ccc(NC(C)=O)cc3)NC2=O)ccc1OCCC(=O)O. The van der Waals surface area contributed by atoms with Crippen LogP contribution in [0.1, 0.15) is 25.8 Å². The molecule has 3 N–H and O–H groups in total. The first-order valence-corrected chi connectivity index (χ1v) is 10.9. The van der Waals surface area contributed by atoms with E-state index >= 15 is 0 Å². The van der Waals surface area contributed by atoms with Gasteiger partial charge in [-0.2, -0.15) is 0 Å². The number of amidine groups is 1. The van der Waals surface area contributed by atoms with E-state index in [0.29, 0.717) is 39.6 Å². The molecule has 2 amide bonds. The number of nitrogens with one attached hydrogen (secondary N) is 2.